The minimum atomic E-state index is 0.366. The lowest BCUT2D eigenvalue weighted by Crippen LogP contribution is -2.19. The van der Waals surface area contributed by atoms with Crippen LogP contribution in [0.4, 0.5) is 0 Å². The highest BCUT2D eigenvalue weighted by molar-refractivity contribution is 5.48. The van der Waals surface area contributed by atoms with Crippen LogP contribution in [0.25, 0.3) is 0 Å². The molecule has 0 saturated carbocycles. The molecule has 19 heavy (non-hydrogen) atoms. The van der Waals surface area contributed by atoms with Gasteiger partial charge < -0.3 is 10.5 Å². The molecule has 0 aromatic heterocycles. The van der Waals surface area contributed by atoms with Gasteiger partial charge in [0.25, 0.3) is 0 Å². The first-order valence-corrected chi connectivity index (χ1v) is 7.40. The first-order valence-electron chi connectivity index (χ1n) is 7.40. The summed E-state index contributed by atoms with van der Waals surface area (Å²) in [6.07, 6.45) is 5.74. The largest absolute Gasteiger partial charge is 0.496 e. The third-order valence-corrected chi connectivity index (χ3v) is 4.09. The van der Waals surface area contributed by atoms with Gasteiger partial charge in [-0.05, 0) is 74.8 Å². The summed E-state index contributed by atoms with van der Waals surface area (Å²) in [6.45, 7) is 8.71. The summed E-state index contributed by atoms with van der Waals surface area (Å²) in [5, 5.41) is 0. The number of benzene rings is 1. The molecule has 1 rings (SSSR count). The Balaban J connectivity index is 2.71. The maximum Gasteiger partial charge on any atom is 0.122 e. The standard InChI is InChI=1S/C17H29NO/c1-6-8-15(18)9-7-10-16-12(2)11-17(19-5)14(4)13(16)3/h11,15H,6-10,18H2,1-5H3. The van der Waals surface area contributed by atoms with E-state index in [9.17, 15) is 0 Å². The Bertz CT molecular complexity index is 412. The van der Waals surface area contributed by atoms with Gasteiger partial charge in [0.2, 0.25) is 0 Å². The van der Waals surface area contributed by atoms with Crippen LogP contribution in [-0.4, -0.2) is 13.2 Å². The van der Waals surface area contributed by atoms with Crippen molar-refractivity contribution in [3.05, 3.63) is 28.3 Å². The zero-order valence-electron chi connectivity index (χ0n) is 13.2. The lowest BCUT2D eigenvalue weighted by atomic mass is 9.92. The predicted molar refractivity (Wildman–Crippen MR) is 83.0 cm³/mol. The molecule has 0 heterocycles. The molecule has 1 aromatic rings. The van der Waals surface area contributed by atoms with Crippen LogP contribution in [0.1, 0.15) is 54.9 Å². The van der Waals surface area contributed by atoms with Gasteiger partial charge in [-0.15, -0.1) is 0 Å². The van der Waals surface area contributed by atoms with Crippen LogP contribution in [0.3, 0.4) is 0 Å². The van der Waals surface area contributed by atoms with E-state index in [1.54, 1.807) is 7.11 Å². The third-order valence-electron chi connectivity index (χ3n) is 4.09. The summed E-state index contributed by atoms with van der Waals surface area (Å²) in [6, 6.07) is 2.52. The van der Waals surface area contributed by atoms with E-state index in [0.29, 0.717) is 6.04 Å². The summed E-state index contributed by atoms with van der Waals surface area (Å²) in [5.41, 5.74) is 11.5. The highest BCUT2D eigenvalue weighted by Crippen LogP contribution is 2.28. The molecule has 0 aliphatic heterocycles. The van der Waals surface area contributed by atoms with Crippen LogP contribution in [-0.2, 0) is 6.42 Å². The first kappa shape index (κ1) is 16.0. The van der Waals surface area contributed by atoms with Crippen molar-refractivity contribution < 1.29 is 4.74 Å². The fraction of sp³-hybridized carbons (Fsp3) is 0.647. The van der Waals surface area contributed by atoms with E-state index in [4.69, 9.17) is 10.5 Å². The minimum Gasteiger partial charge on any atom is -0.496 e. The number of hydrogen-bond donors (Lipinski definition) is 1. The van der Waals surface area contributed by atoms with Crippen LogP contribution < -0.4 is 10.5 Å². The van der Waals surface area contributed by atoms with Gasteiger partial charge in [-0.3, -0.25) is 0 Å². The van der Waals surface area contributed by atoms with E-state index in [2.05, 4.69) is 33.8 Å². The van der Waals surface area contributed by atoms with E-state index < -0.39 is 0 Å². The minimum absolute atomic E-state index is 0.366. The number of nitrogens with two attached hydrogens (primary N) is 1. The number of hydrogen-bond acceptors (Lipinski definition) is 2. The fourth-order valence-electron chi connectivity index (χ4n) is 2.75. The second-order valence-electron chi connectivity index (χ2n) is 5.57. The van der Waals surface area contributed by atoms with Gasteiger partial charge in [-0.25, -0.2) is 0 Å². The van der Waals surface area contributed by atoms with Crippen molar-refractivity contribution in [1.82, 2.24) is 0 Å². The van der Waals surface area contributed by atoms with Crippen molar-refractivity contribution in [2.45, 2.75) is 65.8 Å². The number of aryl methyl sites for hydroxylation is 1. The van der Waals surface area contributed by atoms with Crippen LogP contribution >= 0.6 is 0 Å². The summed E-state index contributed by atoms with van der Waals surface area (Å²) in [7, 11) is 1.74. The van der Waals surface area contributed by atoms with Gasteiger partial charge >= 0.3 is 0 Å². The molecule has 108 valence electrons. The zero-order chi connectivity index (χ0) is 14.4. The molecule has 2 heteroatoms. The number of rotatable bonds is 7. The molecule has 1 aromatic carbocycles. The Kier molecular flexibility index (Phi) is 6.36. The maximum atomic E-state index is 6.08. The molecule has 0 aliphatic rings. The van der Waals surface area contributed by atoms with Crippen LogP contribution in [0.5, 0.6) is 5.75 Å². The average molecular weight is 263 g/mol. The smallest absolute Gasteiger partial charge is 0.122 e. The molecule has 0 radical (unpaired) electrons. The molecular weight excluding hydrogens is 234 g/mol. The van der Waals surface area contributed by atoms with E-state index in [0.717, 1.165) is 25.0 Å². The number of methoxy groups -OCH3 is 1. The molecule has 1 unspecified atom stereocenters. The maximum absolute atomic E-state index is 6.08. The van der Waals surface area contributed by atoms with Crippen molar-refractivity contribution in [3.63, 3.8) is 0 Å². The van der Waals surface area contributed by atoms with Crippen LogP contribution in [0.2, 0.25) is 0 Å². The summed E-state index contributed by atoms with van der Waals surface area (Å²) in [4.78, 5) is 0. The lowest BCUT2D eigenvalue weighted by Gasteiger charge is -2.17. The Morgan fingerprint density at radius 2 is 1.84 bits per heavy atom. The van der Waals surface area contributed by atoms with Gasteiger partial charge in [-0.1, -0.05) is 13.3 Å². The second-order valence-corrected chi connectivity index (χ2v) is 5.57. The molecule has 1 atom stereocenters. The van der Waals surface area contributed by atoms with Gasteiger partial charge in [-0.2, -0.15) is 0 Å². The van der Waals surface area contributed by atoms with Gasteiger partial charge in [0.05, 0.1) is 7.11 Å². The first-order chi connectivity index (χ1) is 9.01. The average Bonchev–Trinajstić information content (AvgIpc) is 2.38. The Hall–Kier alpha value is -1.02. The van der Waals surface area contributed by atoms with E-state index in [-0.39, 0.29) is 0 Å². The van der Waals surface area contributed by atoms with Crippen molar-refractivity contribution in [2.24, 2.45) is 5.73 Å². The topological polar surface area (TPSA) is 35.2 Å². The summed E-state index contributed by atoms with van der Waals surface area (Å²) >= 11 is 0. The molecule has 0 bridgehead atoms. The molecule has 0 amide bonds. The molecule has 0 saturated heterocycles. The van der Waals surface area contributed by atoms with E-state index >= 15 is 0 Å². The zero-order valence-corrected chi connectivity index (χ0v) is 13.2. The van der Waals surface area contributed by atoms with Gasteiger partial charge in [0, 0.05) is 6.04 Å². The van der Waals surface area contributed by atoms with Crippen LogP contribution in [0, 0.1) is 20.8 Å². The van der Waals surface area contributed by atoms with Crippen molar-refractivity contribution in [2.75, 3.05) is 7.11 Å². The van der Waals surface area contributed by atoms with Crippen molar-refractivity contribution in [3.8, 4) is 5.75 Å². The molecule has 0 aliphatic carbocycles. The molecular formula is C17H29NO. The van der Waals surface area contributed by atoms with Gasteiger partial charge in [0.15, 0.2) is 0 Å². The van der Waals surface area contributed by atoms with Gasteiger partial charge in [0.1, 0.15) is 5.75 Å². The molecule has 0 fully saturated rings. The Labute approximate surface area is 118 Å². The van der Waals surface area contributed by atoms with Crippen molar-refractivity contribution in [1.29, 1.82) is 0 Å². The third kappa shape index (κ3) is 4.24. The summed E-state index contributed by atoms with van der Waals surface area (Å²) in [5.74, 6) is 1.00. The van der Waals surface area contributed by atoms with E-state index in [1.165, 1.54) is 35.1 Å². The van der Waals surface area contributed by atoms with E-state index in [1.807, 2.05) is 0 Å². The quantitative estimate of drug-likeness (QED) is 0.805. The lowest BCUT2D eigenvalue weighted by molar-refractivity contribution is 0.410. The molecule has 2 N–H and O–H groups in total. The SMILES string of the molecule is CCCC(N)CCCc1c(C)cc(OC)c(C)c1C. The normalized spacial score (nSPS) is 12.5. The monoisotopic (exact) mass is 263 g/mol. The molecule has 2 nitrogen and oxygen atoms in total. The van der Waals surface area contributed by atoms with Crippen LogP contribution in [0.15, 0.2) is 6.07 Å². The van der Waals surface area contributed by atoms with Crippen molar-refractivity contribution >= 4 is 0 Å². The highest BCUT2D eigenvalue weighted by Gasteiger charge is 2.11. The fourth-order valence-corrected chi connectivity index (χ4v) is 2.75. The molecule has 0 spiro atoms. The second kappa shape index (κ2) is 7.54. The number of ether oxygens (including phenoxy) is 1. The predicted octanol–water partition coefficient (Wildman–Crippen LogP) is 4.07. The Morgan fingerprint density at radius 3 is 2.42 bits per heavy atom. The highest BCUT2D eigenvalue weighted by atomic mass is 16.5. The summed E-state index contributed by atoms with van der Waals surface area (Å²) < 4.78 is 5.42. The Morgan fingerprint density at radius 1 is 1.16 bits per heavy atom.